The lowest BCUT2D eigenvalue weighted by Crippen LogP contribution is -2.01. The minimum Gasteiger partial charge on any atom is -0.396 e. The molecule has 5 nitrogen and oxygen atoms in total. The van der Waals surface area contributed by atoms with Gasteiger partial charge in [-0.25, -0.2) is 4.98 Å². The highest BCUT2D eigenvalue weighted by Crippen LogP contribution is 2.29. The molecule has 2 aromatic heterocycles. The van der Waals surface area contributed by atoms with Crippen molar-refractivity contribution in [1.29, 1.82) is 0 Å². The zero-order valence-corrected chi connectivity index (χ0v) is 11.2. The molecule has 0 unspecified atom stereocenters. The third-order valence-corrected chi connectivity index (χ3v) is 4.49. The molecule has 0 aromatic carbocycles. The molecule has 2 heterocycles. The first-order chi connectivity index (χ1) is 8.79. The number of aryl methyl sites for hydroxylation is 2. The van der Waals surface area contributed by atoms with Crippen LogP contribution in [-0.2, 0) is 19.3 Å². The summed E-state index contributed by atoms with van der Waals surface area (Å²) in [6, 6.07) is 0. The largest absolute Gasteiger partial charge is 0.396 e. The average Bonchev–Trinajstić information content (AvgIpc) is 2.94. The van der Waals surface area contributed by atoms with Gasteiger partial charge in [0.2, 0.25) is 5.13 Å². The highest BCUT2D eigenvalue weighted by Gasteiger charge is 2.18. The topological polar surface area (TPSA) is 63.8 Å². The molecule has 0 aliphatic heterocycles. The van der Waals surface area contributed by atoms with Gasteiger partial charge in [-0.2, -0.15) is 4.68 Å². The van der Waals surface area contributed by atoms with E-state index in [0.29, 0.717) is 6.42 Å². The van der Waals surface area contributed by atoms with Crippen molar-refractivity contribution in [3.63, 3.8) is 0 Å². The predicted molar refractivity (Wildman–Crippen MR) is 69.2 cm³/mol. The summed E-state index contributed by atoms with van der Waals surface area (Å²) in [4.78, 5) is 6.07. The molecule has 0 amide bonds. The van der Waals surface area contributed by atoms with Crippen LogP contribution in [0.15, 0.2) is 0 Å². The molecular formula is C12H16N4OS. The van der Waals surface area contributed by atoms with E-state index >= 15 is 0 Å². The standard InChI is InChI=1S/C12H16N4OS/c1-8-9(6-7-17)14-15-16(8)12-13-10-4-2-3-5-11(10)18-12/h17H,2-7H2,1H3. The van der Waals surface area contributed by atoms with Gasteiger partial charge in [-0.1, -0.05) is 16.6 Å². The Labute approximate surface area is 109 Å². The summed E-state index contributed by atoms with van der Waals surface area (Å²) in [7, 11) is 0. The Bertz CT molecular complexity index is 537. The van der Waals surface area contributed by atoms with Crippen molar-refractivity contribution in [2.75, 3.05) is 6.61 Å². The second-order valence-corrected chi connectivity index (χ2v) is 5.64. The molecule has 0 saturated carbocycles. The van der Waals surface area contributed by atoms with E-state index in [0.717, 1.165) is 29.4 Å². The quantitative estimate of drug-likeness (QED) is 0.911. The maximum absolute atomic E-state index is 8.97. The van der Waals surface area contributed by atoms with Crippen LogP contribution < -0.4 is 0 Å². The smallest absolute Gasteiger partial charge is 0.212 e. The molecule has 1 aliphatic rings. The van der Waals surface area contributed by atoms with E-state index in [1.54, 1.807) is 16.0 Å². The van der Waals surface area contributed by atoms with Gasteiger partial charge in [0, 0.05) is 17.9 Å². The van der Waals surface area contributed by atoms with Crippen LogP contribution in [0.4, 0.5) is 0 Å². The fourth-order valence-electron chi connectivity index (χ4n) is 2.31. The molecule has 0 radical (unpaired) electrons. The Kier molecular flexibility index (Phi) is 3.13. The van der Waals surface area contributed by atoms with Crippen LogP contribution in [0.2, 0.25) is 0 Å². The second kappa shape index (κ2) is 4.78. The zero-order valence-electron chi connectivity index (χ0n) is 10.4. The lowest BCUT2D eigenvalue weighted by Gasteiger charge is -2.06. The number of hydrogen-bond donors (Lipinski definition) is 1. The van der Waals surface area contributed by atoms with Crippen LogP contribution in [0.5, 0.6) is 0 Å². The first-order valence-corrected chi connectivity index (χ1v) is 7.12. The Morgan fingerprint density at radius 1 is 1.33 bits per heavy atom. The van der Waals surface area contributed by atoms with Crippen molar-refractivity contribution in [3.05, 3.63) is 22.0 Å². The van der Waals surface area contributed by atoms with Crippen molar-refractivity contribution < 1.29 is 5.11 Å². The molecule has 1 N–H and O–H groups in total. The van der Waals surface area contributed by atoms with E-state index in [1.165, 1.54) is 23.4 Å². The lowest BCUT2D eigenvalue weighted by atomic mass is 10.0. The molecule has 3 rings (SSSR count). The highest BCUT2D eigenvalue weighted by molar-refractivity contribution is 7.14. The van der Waals surface area contributed by atoms with Gasteiger partial charge in [-0.3, -0.25) is 0 Å². The molecule has 0 bridgehead atoms. The minimum absolute atomic E-state index is 0.105. The van der Waals surface area contributed by atoms with Crippen LogP contribution in [-0.4, -0.2) is 31.7 Å². The number of rotatable bonds is 3. The van der Waals surface area contributed by atoms with Gasteiger partial charge in [0.15, 0.2) is 0 Å². The summed E-state index contributed by atoms with van der Waals surface area (Å²) in [5, 5.41) is 18.1. The van der Waals surface area contributed by atoms with Gasteiger partial charge < -0.3 is 5.11 Å². The SMILES string of the molecule is Cc1c(CCO)nnn1-c1nc2c(s1)CCCC2. The summed E-state index contributed by atoms with van der Waals surface area (Å²) >= 11 is 1.72. The Balaban J connectivity index is 1.97. The third kappa shape index (κ3) is 1.95. The average molecular weight is 264 g/mol. The van der Waals surface area contributed by atoms with Gasteiger partial charge in [0.25, 0.3) is 0 Å². The summed E-state index contributed by atoms with van der Waals surface area (Å²) in [5.74, 6) is 0. The summed E-state index contributed by atoms with van der Waals surface area (Å²) in [6.45, 7) is 2.08. The Hall–Kier alpha value is -1.27. The molecule has 96 valence electrons. The van der Waals surface area contributed by atoms with Gasteiger partial charge in [0.1, 0.15) is 0 Å². The monoisotopic (exact) mass is 264 g/mol. The molecular weight excluding hydrogens is 248 g/mol. The number of nitrogens with zero attached hydrogens (tertiary/aromatic N) is 4. The van der Waals surface area contributed by atoms with Crippen molar-refractivity contribution in [1.82, 2.24) is 20.0 Å². The van der Waals surface area contributed by atoms with E-state index in [4.69, 9.17) is 5.11 Å². The highest BCUT2D eigenvalue weighted by atomic mass is 32.1. The number of hydrogen-bond acceptors (Lipinski definition) is 5. The van der Waals surface area contributed by atoms with Crippen LogP contribution in [0, 0.1) is 6.92 Å². The normalized spacial score (nSPS) is 14.8. The fraction of sp³-hybridized carbons (Fsp3) is 0.583. The molecule has 1 aliphatic carbocycles. The first-order valence-electron chi connectivity index (χ1n) is 6.30. The number of aliphatic hydroxyl groups excluding tert-OH is 1. The van der Waals surface area contributed by atoms with Crippen molar-refractivity contribution in [2.24, 2.45) is 0 Å². The predicted octanol–water partition coefficient (Wildman–Crippen LogP) is 1.45. The maximum Gasteiger partial charge on any atom is 0.212 e. The maximum atomic E-state index is 8.97. The Morgan fingerprint density at radius 3 is 2.94 bits per heavy atom. The summed E-state index contributed by atoms with van der Waals surface area (Å²) in [6.07, 6.45) is 5.28. The van der Waals surface area contributed by atoms with E-state index < -0.39 is 0 Å². The number of fused-ring (bicyclic) bond motifs is 1. The van der Waals surface area contributed by atoms with Gasteiger partial charge >= 0.3 is 0 Å². The van der Waals surface area contributed by atoms with E-state index in [2.05, 4.69) is 15.3 Å². The second-order valence-electron chi connectivity index (χ2n) is 4.58. The van der Waals surface area contributed by atoms with Gasteiger partial charge in [-0.15, -0.1) is 5.10 Å². The minimum atomic E-state index is 0.105. The Morgan fingerprint density at radius 2 is 2.17 bits per heavy atom. The third-order valence-electron chi connectivity index (χ3n) is 3.35. The molecule has 0 atom stereocenters. The van der Waals surface area contributed by atoms with Crippen LogP contribution in [0.1, 0.15) is 34.8 Å². The van der Waals surface area contributed by atoms with Gasteiger partial charge in [0.05, 0.1) is 17.1 Å². The van der Waals surface area contributed by atoms with E-state index in [9.17, 15) is 0 Å². The van der Waals surface area contributed by atoms with E-state index in [-0.39, 0.29) is 6.61 Å². The van der Waals surface area contributed by atoms with Crippen molar-refractivity contribution in [2.45, 2.75) is 39.0 Å². The van der Waals surface area contributed by atoms with Crippen molar-refractivity contribution >= 4 is 11.3 Å². The van der Waals surface area contributed by atoms with Gasteiger partial charge in [-0.05, 0) is 32.6 Å². The number of thiazole rings is 1. The molecule has 2 aromatic rings. The number of aromatic nitrogens is 4. The molecule has 0 saturated heterocycles. The summed E-state index contributed by atoms with van der Waals surface area (Å²) in [5.41, 5.74) is 3.07. The molecule has 0 spiro atoms. The van der Waals surface area contributed by atoms with E-state index in [1.807, 2.05) is 6.92 Å². The molecule has 0 fully saturated rings. The first kappa shape index (κ1) is 11.8. The van der Waals surface area contributed by atoms with Crippen LogP contribution >= 0.6 is 11.3 Å². The van der Waals surface area contributed by atoms with Crippen molar-refractivity contribution in [3.8, 4) is 5.13 Å². The molecule has 6 heteroatoms. The lowest BCUT2D eigenvalue weighted by molar-refractivity contribution is 0.298. The molecule has 18 heavy (non-hydrogen) atoms. The fourth-order valence-corrected chi connectivity index (χ4v) is 3.46. The van der Waals surface area contributed by atoms with Crippen LogP contribution in [0.25, 0.3) is 5.13 Å². The zero-order chi connectivity index (χ0) is 12.5. The van der Waals surface area contributed by atoms with Crippen LogP contribution in [0.3, 0.4) is 0 Å². The summed E-state index contributed by atoms with van der Waals surface area (Å²) < 4.78 is 1.80. The number of aliphatic hydroxyl groups is 1.